The van der Waals surface area contributed by atoms with Crippen LogP contribution in [0.4, 0.5) is 30.8 Å². The third-order valence-electron chi connectivity index (χ3n) is 2.77. The summed E-state index contributed by atoms with van der Waals surface area (Å²) in [5.74, 6) is -1.03. The van der Waals surface area contributed by atoms with Gasteiger partial charge in [-0.1, -0.05) is 19.4 Å². The molecule has 0 spiro atoms. The Kier molecular flexibility index (Phi) is 3.91. The second-order valence-corrected chi connectivity index (χ2v) is 8.59. The molecule has 2 aromatic rings. The van der Waals surface area contributed by atoms with E-state index in [0.717, 1.165) is 30.3 Å². The van der Waals surface area contributed by atoms with Gasteiger partial charge in [-0.05, 0) is 36.4 Å². The predicted octanol–water partition coefficient (Wildman–Crippen LogP) is 5.71. The Balaban J connectivity index is 2.47. The minimum Gasteiger partial charge on any atom is -0.508 e. The van der Waals surface area contributed by atoms with Gasteiger partial charge in [-0.3, -0.25) is 4.55 Å². The first-order valence-corrected chi connectivity index (χ1v) is 9.52. The maximum Gasteiger partial charge on any atom is 0.312 e. The molecular weight excluding hydrogens is 395 g/mol. The zero-order valence-corrected chi connectivity index (χ0v) is 13.5. The molecule has 13 heteroatoms. The molecular formula is C12H9F5N2O4S2. The second-order valence-electron chi connectivity index (χ2n) is 4.79. The fourth-order valence-corrected chi connectivity index (χ4v) is 3.02. The summed E-state index contributed by atoms with van der Waals surface area (Å²) in [6.45, 7) is 0. The molecule has 0 heterocycles. The summed E-state index contributed by atoms with van der Waals surface area (Å²) in [4.78, 5) is -2.90. The molecule has 0 fully saturated rings. The van der Waals surface area contributed by atoms with E-state index in [1.54, 1.807) is 0 Å². The van der Waals surface area contributed by atoms with Gasteiger partial charge in [0.25, 0.3) is 10.1 Å². The van der Waals surface area contributed by atoms with E-state index in [1.165, 1.54) is 0 Å². The molecule has 0 aromatic heterocycles. The lowest BCUT2D eigenvalue weighted by Gasteiger charge is -2.40. The van der Waals surface area contributed by atoms with E-state index >= 15 is 0 Å². The van der Waals surface area contributed by atoms with Crippen molar-refractivity contribution >= 4 is 31.7 Å². The molecule has 2 rings (SSSR count). The van der Waals surface area contributed by atoms with Crippen LogP contribution in [-0.4, -0.2) is 18.1 Å². The molecule has 0 radical (unpaired) electrons. The van der Waals surface area contributed by atoms with Crippen molar-refractivity contribution in [2.45, 2.75) is 9.79 Å². The van der Waals surface area contributed by atoms with Crippen LogP contribution in [0.15, 0.2) is 62.5 Å². The van der Waals surface area contributed by atoms with Crippen molar-refractivity contribution in [1.29, 1.82) is 0 Å². The smallest absolute Gasteiger partial charge is 0.312 e. The summed E-state index contributed by atoms with van der Waals surface area (Å²) in [6.07, 6.45) is 0. The number of hydrogen-bond acceptors (Lipinski definition) is 5. The lowest BCUT2D eigenvalue weighted by molar-refractivity contribution is 0.362. The molecule has 0 saturated heterocycles. The molecule has 0 atom stereocenters. The Morgan fingerprint density at radius 1 is 0.880 bits per heavy atom. The van der Waals surface area contributed by atoms with Gasteiger partial charge in [-0.15, -0.1) is 5.11 Å². The minimum absolute atomic E-state index is 0.155. The molecule has 0 aliphatic heterocycles. The Hall–Kier alpha value is -2.25. The van der Waals surface area contributed by atoms with Crippen LogP contribution in [0.3, 0.4) is 0 Å². The molecule has 25 heavy (non-hydrogen) atoms. The Bertz CT molecular complexity index is 958. The largest absolute Gasteiger partial charge is 0.508 e. The Labute approximate surface area is 138 Å². The van der Waals surface area contributed by atoms with E-state index in [1.807, 2.05) is 0 Å². The quantitative estimate of drug-likeness (QED) is 0.387. The van der Waals surface area contributed by atoms with Crippen molar-refractivity contribution in [3.05, 3.63) is 42.5 Å². The number of aromatic hydroxyl groups is 1. The fraction of sp³-hybridized carbons (Fsp3) is 0. The number of halogens is 5. The normalized spacial score (nSPS) is 15.8. The predicted molar refractivity (Wildman–Crippen MR) is 79.9 cm³/mol. The van der Waals surface area contributed by atoms with Crippen LogP contribution in [-0.2, 0) is 10.1 Å². The van der Waals surface area contributed by atoms with Crippen LogP contribution in [0.2, 0.25) is 0 Å². The average Bonchev–Trinajstić information content (AvgIpc) is 2.43. The van der Waals surface area contributed by atoms with E-state index < -0.39 is 41.6 Å². The Morgan fingerprint density at radius 2 is 1.44 bits per heavy atom. The van der Waals surface area contributed by atoms with Gasteiger partial charge >= 0.3 is 10.2 Å². The van der Waals surface area contributed by atoms with Gasteiger partial charge in [0.15, 0.2) is 0 Å². The summed E-state index contributed by atoms with van der Waals surface area (Å²) in [6, 6.07) is 4.86. The number of nitrogens with zero attached hydrogens (tertiary/aromatic N) is 2. The van der Waals surface area contributed by atoms with Gasteiger partial charge < -0.3 is 5.11 Å². The third kappa shape index (κ3) is 4.87. The van der Waals surface area contributed by atoms with Crippen molar-refractivity contribution < 1.29 is 37.5 Å². The van der Waals surface area contributed by atoms with E-state index in [-0.39, 0.29) is 11.8 Å². The number of phenolic OH excluding ortho intramolecular Hbond substituents is 1. The highest BCUT2D eigenvalue weighted by atomic mass is 32.5. The molecule has 0 saturated carbocycles. The van der Waals surface area contributed by atoms with Crippen LogP contribution in [0.25, 0.3) is 0 Å². The molecule has 0 unspecified atom stereocenters. The van der Waals surface area contributed by atoms with E-state index in [2.05, 4.69) is 10.2 Å². The molecule has 2 aromatic carbocycles. The maximum atomic E-state index is 13.0. The topological polar surface area (TPSA) is 99.3 Å². The van der Waals surface area contributed by atoms with Gasteiger partial charge in [0.2, 0.25) is 0 Å². The minimum atomic E-state index is -10.1. The first-order valence-electron chi connectivity index (χ1n) is 6.13. The lowest BCUT2D eigenvalue weighted by Crippen LogP contribution is -2.06. The van der Waals surface area contributed by atoms with E-state index in [0.29, 0.717) is 6.07 Å². The first-order chi connectivity index (χ1) is 11.1. The lowest BCUT2D eigenvalue weighted by atomic mass is 10.3. The van der Waals surface area contributed by atoms with Gasteiger partial charge in [0.05, 0.1) is 10.6 Å². The summed E-state index contributed by atoms with van der Waals surface area (Å²) < 4.78 is 95.4. The zero-order chi connectivity index (χ0) is 19.2. The van der Waals surface area contributed by atoms with Crippen LogP contribution in [0.5, 0.6) is 5.75 Å². The van der Waals surface area contributed by atoms with Crippen molar-refractivity contribution in [3.8, 4) is 5.75 Å². The molecule has 0 amide bonds. The zero-order valence-electron chi connectivity index (χ0n) is 11.9. The fourth-order valence-electron chi connectivity index (χ4n) is 1.69. The summed E-state index contributed by atoms with van der Waals surface area (Å²) >= 11 is 0. The maximum absolute atomic E-state index is 13.0. The third-order valence-corrected chi connectivity index (χ3v) is 4.79. The highest BCUT2D eigenvalue weighted by Crippen LogP contribution is 3.03. The number of hydrogen-bond donors (Lipinski definition) is 2. The van der Waals surface area contributed by atoms with Gasteiger partial charge in [0.1, 0.15) is 16.3 Å². The highest BCUT2D eigenvalue weighted by molar-refractivity contribution is 8.45. The van der Waals surface area contributed by atoms with Crippen LogP contribution in [0, 0.1) is 0 Å². The van der Waals surface area contributed by atoms with Crippen LogP contribution < -0.4 is 0 Å². The van der Waals surface area contributed by atoms with Crippen molar-refractivity contribution in [2.75, 3.05) is 0 Å². The number of azo groups is 1. The van der Waals surface area contributed by atoms with Gasteiger partial charge in [-0.2, -0.15) is 13.5 Å². The number of benzene rings is 2. The molecule has 138 valence electrons. The first kappa shape index (κ1) is 19.1. The molecule has 2 N–H and O–H groups in total. The van der Waals surface area contributed by atoms with E-state index in [9.17, 15) is 27.8 Å². The van der Waals surface area contributed by atoms with Crippen molar-refractivity contribution in [2.24, 2.45) is 10.2 Å². The summed E-state index contributed by atoms with van der Waals surface area (Å²) in [5, 5.41) is 15.5. The molecule has 0 aliphatic carbocycles. The number of rotatable bonds is 4. The SMILES string of the molecule is O=S(=O)(O)c1ccc(N=Nc2ccc(O)cc2S(F)(F)(F)(F)F)cc1. The average molecular weight is 404 g/mol. The van der Waals surface area contributed by atoms with Crippen molar-refractivity contribution in [1.82, 2.24) is 0 Å². The molecule has 6 nitrogen and oxygen atoms in total. The van der Waals surface area contributed by atoms with Gasteiger partial charge in [0, 0.05) is 6.07 Å². The number of phenols is 1. The van der Waals surface area contributed by atoms with Crippen molar-refractivity contribution in [3.63, 3.8) is 0 Å². The van der Waals surface area contributed by atoms with E-state index in [4.69, 9.17) is 9.66 Å². The van der Waals surface area contributed by atoms with Crippen LogP contribution in [0.1, 0.15) is 0 Å². The molecule has 0 bridgehead atoms. The Morgan fingerprint density at radius 3 is 1.92 bits per heavy atom. The second kappa shape index (κ2) is 5.12. The summed E-state index contributed by atoms with van der Waals surface area (Å²) in [7, 11) is -14.6. The monoisotopic (exact) mass is 404 g/mol. The summed E-state index contributed by atoms with van der Waals surface area (Å²) in [5.41, 5.74) is -1.38. The van der Waals surface area contributed by atoms with Crippen LogP contribution >= 0.6 is 10.2 Å². The molecule has 0 aliphatic rings. The standard InChI is InChI=1S/C12H9F5N2O4S2/c13-25(14,15,16,17)12-7-9(20)3-6-11(12)19-18-8-1-4-10(5-2-8)24(21,22)23/h1-7,20H,(H,21,22,23). The van der Waals surface area contributed by atoms with Gasteiger partial charge in [-0.25, -0.2) is 0 Å². The highest BCUT2D eigenvalue weighted by Gasteiger charge is 2.67.